The molecule has 0 saturated heterocycles. The molecule has 4 heteroatoms. The average molecular weight is 399 g/mol. The normalized spacial score (nSPS) is 11.2. The van der Waals surface area contributed by atoms with Crippen molar-refractivity contribution in [3.63, 3.8) is 0 Å². The van der Waals surface area contributed by atoms with E-state index in [1.54, 1.807) is 0 Å². The summed E-state index contributed by atoms with van der Waals surface area (Å²) < 4.78 is 8.16. The van der Waals surface area contributed by atoms with Crippen LogP contribution in [-0.4, -0.2) is 9.55 Å². The zero-order valence-electron chi connectivity index (χ0n) is 16.0. The summed E-state index contributed by atoms with van der Waals surface area (Å²) in [5, 5.41) is 2.88. The van der Waals surface area contributed by atoms with E-state index in [1.165, 1.54) is 0 Å². The Bertz CT molecular complexity index is 1330. The van der Waals surface area contributed by atoms with E-state index in [-0.39, 0.29) is 0 Å². The molecule has 0 aliphatic heterocycles. The van der Waals surface area contributed by atoms with Crippen molar-refractivity contribution in [3.05, 3.63) is 95.6 Å². The van der Waals surface area contributed by atoms with Gasteiger partial charge in [0.25, 0.3) is 0 Å². The van der Waals surface area contributed by atoms with Crippen molar-refractivity contribution in [2.75, 3.05) is 0 Å². The maximum absolute atomic E-state index is 6.10. The van der Waals surface area contributed by atoms with Crippen molar-refractivity contribution >= 4 is 33.4 Å². The van der Waals surface area contributed by atoms with Gasteiger partial charge in [-0.2, -0.15) is 0 Å². The molecule has 0 fully saturated rings. The van der Waals surface area contributed by atoms with E-state index in [9.17, 15) is 0 Å². The van der Waals surface area contributed by atoms with Gasteiger partial charge >= 0.3 is 0 Å². The minimum atomic E-state index is 0.545. The lowest BCUT2D eigenvalue weighted by molar-refractivity contribution is 0.306. The predicted molar refractivity (Wildman–Crippen MR) is 119 cm³/mol. The molecule has 0 aliphatic rings. The quantitative estimate of drug-likeness (QED) is 0.340. The molecule has 2 heterocycles. The van der Waals surface area contributed by atoms with E-state index < -0.39 is 0 Å². The van der Waals surface area contributed by atoms with Crippen LogP contribution < -0.4 is 4.74 Å². The third kappa shape index (κ3) is 3.45. The largest absolute Gasteiger partial charge is 0.489 e. The van der Waals surface area contributed by atoms with Crippen LogP contribution in [0.4, 0.5) is 0 Å². The molecule has 0 N–H and O–H groups in total. The fourth-order valence-corrected chi connectivity index (χ4v) is 3.83. The summed E-state index contributed by atoms with van der Waals surface area (Å²) in [6.45, 7) is 0.545. The maximum Gasteiger partial charge on any atom is 0.120 e. The molecule has 29 heavy (non-hydrogen) atoms. The lowest BCUT2D eigenvalue weighted by Crippen LogP contribution is -1.95. The summed E-state index contributed by atoms with van der Waals surface area (Å²) in [5.74, 6) is 0.848. The molecule has 0 bridgehead atoms. The van der Waals surface area contributed by atoms with Crippen LogP contribution in [0.5, 0.6) is 5.75 Å². The number of pyridine rings is 1. The van der Waals surface area contributed by atoms with Gasteiger partial charge in [0.1, 0.15) is 12.4 Å². The molecule has 5 rings (SSSR count). The molecule has 0 saturated carbocycles. The highest BCUT2D eigenvalue weighted by molar-refractivity contribution is 6.31. The molecule has 0 radical (unpaired) electrons. The van der Waals surface area contributed by atoms with E-state index in [4.69, 9.17) is 21.3 Å². The Balaban J connectivity index is 1.54. The smallest absolute Gasteiger partial charge is 0.120 e. The third-order valence-corrected chi connectivity index (χ3v) is 5.37. The van der Waals surface area contributed by atoms with Crippen LogP contribution in [0.1, 0.15) is 5.56 Å². The molecule has 5 aromatic rings. The number of halogens is 1. The second-order valence-electron chi connectivity index (χ2n) is 7.14. The number of hydrogen-bond donors (Lipinski definition) is 0. The highest BCUT2D eigenvalue weighted by Crippen LogP contribution is 2.33. The van der Waals surface area contributed by atoms with Crippen LogP contribution in [0.25, 0.3) is 33.1 Å². The molecule has 0 amide bonds. The number of aryl methyl sites for hydroxylation is 1. The minimum Gasteiger partial charge on any atom is -0.489 e. The van der Waals surface area contributed by atoms with Crippen LogP contribution in [-0.2, 0) is 13.7 Å². The van der Waals surface area contributed by atoms with E-state index in [2.05, 4.69) is 48.1 Å². The number of rotatable bonds is 4. The molecule has 0 spiro atoms. The molecule has 0 unspecified atom stereocenters. The SMILES string of the molecule is Cn1cc(-c2ccc3cc(Cl)ccc3n2)c2cc(OCc3ccccc3)ccc21. The van der Waals surface area contributed by atoms with Crippen LogP contribution in [0.15, 0.2) is 85.1 Å². The van der Waals surface area contributed by atoms with Gasteiger partial charge in [0, 0.05) is 40.1 Å². The van der Waals surface area contributed by atoms with E-state index in [0.29, 0.717) is 6.61 Å². The minimum absolute atomic E-state index is 0.545. The lowest BCUT2D eigenvalue weighted by Gasteiger charge is -2.08. The molecule has 2 aromatic heterocycles. The molecular weight excluding hydrogens is 380 g/mol. The van der Waals surface area contributed by atoms with E-state index >= 15 is 0 Å². The summed E-state index contributed by atoms with van der Waals surface area (Å²) in [7, 11) is 2.05. The van der Waals surface area contributed by atoms with Crippen molar-refractivity contribution < 1.29 is 4.74 Å². The van der Waals surface area contributed by atoms with E-state index in [0.717, 1.165) is 49.4 Å². The van der Waals surface area contributed by atoms with Gasteiger partial charge < -0.3 is 9.30 Å². The maximum atomic E-state index is 6.10. The molecule has 3 nitrogen and oxygen atoms in total. The zero-order chi connectivity index (χ0) is 19.8. The van der Waals surface area contributed by atoms with Crippen LogP contribution in [0.3, 0.4) is 0 Å². The number of nitrogens with zero attached hydrogens (tertiary/aromatic N) is 2. The van der Waals surface area contributed by atoms with Crippen molar-refractivity contribution in [3.8, 4) is 17.0 Å². The number of fused-ring (bicyclic) bond motifs is 2. The Morgan fingerprint density at radius 1 is 0.931 bits per heavy atom. The van der Waals surface area contributed by atoms with Gasteiger partial charge in [-0.3, -0.25) is 0 Å². The summed E-state index contributed by atoms with van der Waals surface area (Å²) >= 11 is 6.10. The summed E-state index contributed by atoms with van der Waals surface area (Å²) in [6.07, 6.45) is 2.12. The highest BCUT2D eigenvalue weighted by Gasteiger charge is 2.12. The van der Waals surface area contributed by atoms with Gasteiger partial charge in [-0.25, -0.2) is 4.98 Å². The van der Waals surface area contributed by atoms with Gasteiger partial charge in [0.2, 0.25) is 0 Å². The second-order valence-corrected chi connectivity index (χ2v) is 7.58. The number of ether oxygens (including phenoxy) is 1. The van der Waals surface area contributed by atoms with Crippen molar-refractivity contribution in [1.82, 2.24) is 9.55 Å². The Labute approximate surface area is 174 Å². The second kappa shape index (κ2) is 7.26. The number of hydrogen-bond acceptors (Lipinski definition) is 2. The van der Waals surface area contributed by atoms with Gasteiger partial charge in [-0.05, 0) is 48.0 Å². The number of aromatic nitrogens is 2. The van der Waals surface area contributed by atoms with E-state index in [1.807, 2.05) is 48.5 Å². The van der Waals surface area contributed by atoms with Crippen LogP contribution in [0.2, 0.25) is 5.02 Å². The van der Waals surface area contributed by atoms with Crippen molar-refractivity contribution in [2.45, 2.75) is 6.61 Å². The van der Waals surface area contributed by atoms with Crippen LogP contribution >= 0.6 is 11.6 Å². The molecule has 0 atom stereocenters. The standard InChI is InChI=1S/C25H19ClN2O/c1-28-15-22(24-10-7-18-13-19(26)8-11-23(18)27-24)21-14-20(9-12-25(21)28)29-16-17-5-3-2-4-6-17/h2-15H,16H2,1H3. The molecule has 0 aliphatic carbocycles. The Kier molecular flexibility index (Phi) is 4.45. The summed E-state index contributed by atoms with van der Waals surface area (Å²) in [6, 6.07) is 26.3. The number of benzene rings is 3. The molecule has 3 aromatic carbocycles. The summed E-state index contributed by atoms with van der Waals surface area (Å²) in [4.78, 5) is 4.86. The Morgan fingerprint density at radius 2 is 1.79 bits per heavy atom. The topological polar surface area (TPSA) is 27.1 Å². The average Bonchev–Trinajstić information content (AvgIpc) is 3.08. The fourth-order valence-electron chi connectivity index (χ4n) is 3.65. The van der Waals surface area contributed by atoms with Gasteiger partial charge in [-0.15, -0.1) is 0 Å². The molecular formula is C25H19ClN2O. The lowest BCUT2D eigenvalue weighted by atomic mass is 10.1. The van der Waals surface area contributed by atoms with Gasteiger partial charge in [0.05, 0.1) is 11.2 Å². The first-order valence-electron chi connectivity index (χ1n) is 9.50. The monoisotopic (exact) mass is 398 g/mol. The van der Waals surface area contributed by atoms with Gasteiger partial charge in [-0.1, -0.05) is 48.0 Å². The Morgan fingerprint density at radius 3 is 2.66 bits per heavy atom. The van der Waals surface area contributed by atoms with Crippen molar-refractivity contribution in [2.24, 2.45) is 7.05 Å². The summed E-state index contributed by atoms with van der Waals surface area (Å²) in [5.41, 5.74) is 5.25. The van der Waals surface area contributed by atoms with Gasteiger partial charge in [0.15, 0.2) is 0 Å². The zero-order valence-corrected chi connectivity index (χ0v) is 16.7. The highest BCUT2D eigenvalue weighted by atomic mass is 35.5. The van der Waals surface area contributed by atoms with Crippen molar-refractivity contribution in [1.29, 1.82) is 0 Å². The fraction of sp³-hybridized carbons (Fsp3) is 0.0800. The van der Waals surface area contributed by atoms with Crippen LogP contribution in [0, 0.1) is 0 Å². The third-order valence-electron chi connectivity index (χ3n) is 5.14. The first-order valence-corrected chi connectivity index (χ1v) is 9.88. The predicted octanol–water partition coefficient (Wildman–Crippen LogP) is 6.63. The first-order chi connectivity index (χ1) is 14.2. The Hall–Kier alpha value is -3.30. The molecule has 142 valence electrons. The first kappa shape index (κ1) is 17.8.